The topological polar surface area (TPSA) is 92.7 Å². The summed E-state index contributed by atoms with van der Waals surface area (Å²) in [6, 6.07) is 14.4. The van der Waals surface area contributed by atoms with Crippen LogP contribution in [-0.2, 0) is 23.1 Å². The van der Waals surface area contributed by atoms with Crippen molar-refractivity contribution in [3.8, 4) is 11.3 Å². The van der Waals surface area contributed by atoms with Gasteiger partial charge in [-0.05, 0) is 41.7 Å². The minimum absolute atomic E-state index is 0.00586. The van der Waals surface area contributed by atoms with E-state index in [-0.39, 0.29) is 11.9 Å². The molecule has 188 valence electrons. The summed E-state index contributed by atoms with van der Waals surface area (Å²) in [5.41, 5.74) is 3.03. The van der Waals surface area contributed by atoms with Crippen molar-refractivity contribution in [2.45, 2.75) is 64.3 Å². The number of rotatable bonds is 13. The van der Waals surface area contributed by atoms with Crippen molar-refractivity contribution in [2.24, 2.45) is 7.05 Å². The molecule has 0 saturated carbocycles. The van der Waals surface area contributed by atoms with Gasteiger partial charge >= 0.3 is 0 Å². The molecule has 2 heterocycles. The Labute approximate surface area is 212 Å². The SMILES string of the molecule is CCC(=O)CCCCC[C@H](NC(=O)CCc1cnn(C)c1)c1ncc(-c2ccc3ccccc3c2)[nH]1. The van der Waals surface area contributed by atoms with Gasteiger partial charge in [0.05, 0.1) is 24.1 Å². The van der Waals surface area contributed by atoms with Crippen LogP contribution in [0, 0.1) is 0 Å². The molecule has 2 aromatic carbocycles. The first-order valence-corrected chi connectivity index (χ1v) is 12.8. The molecule has 2 aromatic heterocycles. The van der Waals surface area contributed by atoms with Gasteiger partial charge < -0.3 is 10.3 Å². The molecule has 0 unspecified atom stereocenters. The van der Waals surface area contributed by atoms with Gasteiger partial charge in [0.1, 0.15) is 11.6 Å². The molecule has 4 aromatic rings. The molecule has 0 radical (unpaired) electrons. The van der Waals surface area contributed by atoms with Crippen LogP contribution >= 0.6 is 0 Å². The van der Waals surface area contributed by atoms with E-state index in [0.29, 0.717) is 31.5 Å². The fraction of sp³-hybridized carbons (Fsp3) is 0.379. The number of aromatic amines is 1. The molecule has 0 spiro atoms. The van der Waals surface area contributed by atoms with Crippen LogP contribution in [0.2, 0.25) is 0 Å². The Morgan fingerprint density at radius 2 is 1.86 bits per heavy atom. The molecule has 7 heteroatoms. The number of hydrogen-bond acceptors (Lipinski definition) is 4. The van der Waals surface area contributed by atoms with Gasteiger partial charge in [-0.3, -0.25) is 14.3 Å². The summed E-state index contributed by atoms with van der Waals surface area (Å²) in [5.74, 6) is 1.06. The lowest BCUT2D eigenvalue weighted by atomic mass is 10.0. The Kier molecular flexibility index (Phi) is 8.66. The smallest absolute Gasteiger partial charge is 0.220 e. The Hall–Kier alpha value is -3.74. The summed E-state index contributed by atoms with van der Waals surface area (Å²) in [4.78, 5) is 32.5. The highest BCUT2D eigenvalue weighted by Crippen LogP contribution is 2.26. The van der Waals surface area contributed by atoms with Crippen molar-refractivity contribution in [1.82, 2.24) is 25.1 Å². The highest BCUT2D eigenvalue weighted by atomic mass is 16.1. The zero-order chi connectivity index (χ0) is 25.3. The van der Waals surface area contributed by atoms with Crippen molar-refractivity contribution in [1.29, 1.82) is 0 Å². The molecule has 7 nitrogen and oxygen atoms in total. The summed E-state index contributed by atoms with van der Waals surface area (Å²) in [7, 11) is 1.87. The third-order valence-electron chi connectivity index (χ3n) is 6.56. The normalized spacial score (nSPS) is 12.1. The minimum Gasteiger partial charge on any atom is -0.346 e. The van der Waals surface area contributed by atoms with Gasteiger partial charge in [-0.2, -0.15) is 5.10 Å². The van der Waals surface area contributed by atoms with Crippen molar-refractivity contribution in [3.63, 3.8) is 0 Å². The maximum Gasteiger partial charge on any atom is 0.220 e. The second-order valence-corrected chi connectivity index (χ2v) is 9.38. The lowest BCUT2D eigenvalue weighted by Gasteiger charge is -2.17. The molecular weight excluding hydrogens is 450 g/mol. The zero-order valence-corrected chi connectivity index (χ0v) is 21.2. The van der Waals surface area contributed by atoms with Gasteiger partial charge in [0.2, 0.25) is 5.91 Å². The van der Waals surface area contributed by atoms with E-state index in [4.69, 9.17) is 0 Å². The number of fused-ring (bicyclic) bond motifs is 1. The summed E-state index contributed by atoms with van der Waals surface area (Å²) < 4.78 is 1.75. The van der Waals surface area contributed by atoms with E-state index < -0.39 is 0 Å². The Morgan fingerprint density at radius 1 is 1.03 bits per heavy atom. The van der Waals surface area contributed by atoms with Crippen molar-refractivity contribution < 1.29 is 9.59 Å². The van der Waals surface area contributed by atoms with Crippen LogP contribution in [0.5, 0.6) is 0 Å². The van der Waals surface area contributed by atoms with Gasteiger partial charge in [0.15, 0.2) is 0 Å². The standard InChI is InChI=1S/C29H35N5O2/c1-3-25(35)11-5-4-6-12-26(32-28(36)16-13-21-18-31-34(2)20-21)29-30-19-27(33-29)24-15-14-22-9-7-8-10-23(22)17-24/h7-10,14-15,17-20,26H,3-6,11-13,16H2,1-2H3,(H,30,33)(H,32,36)/t26-/m0/s1. The first kappa shape index (κ1) is 25.4. The van der Waals surface area contributed by atoms with Crippen molar-refractivity contribution in [3.05, 3.63) is 72.4 Å². The molecule has 0 aliphatic heterocycles. The molecule has 2 N–H and O–H groups in total. The number of hydrogen-bond donors (Lipinski definition) is 2. The maximum atomic E-state index is 12.8. The van der Waals surface area contributed by atoms with Crippen LogP contribution in [0.3, 0.4) is 0 Å². The van der Waals surface area contributed by atoms with Crippen LogP contribution in [0.15, 0.2) is 61.1 Å². The highest BCUT2D eigenvalue weighted by molar-refractivity contribution is 5.86. The summed E-state index contributed by atoms with van der Waals surface area (Å²) in [6.07, 6.45) is 11.4. The number of amides is 1. The molecule has 0 saturated heterocycles. The molecule has 4 rings (SSSR count). The third-order valence-corrected chi connectivity index (χ3v) is 6.56. The molecule has 0 aliphatic carbocycles. The summed E-state index contributed by atoms with van der Waals surface area (Å²) >= 11 is 0. The van der Waals surface area contributed by atoms with Gasteiger partial charge in [0.25, 0.3) is 0 Å². The predicted octanol–water partition coefficient (Wildman–Crippen LogP) is 5.68. The number of nitrogens with zero attached hydrogens (tertiary/aromatic N) is 3. The molecule has 36 heavy (non-hydrogen) atoms. The van der Waals surface area contributed by atoms with E-state index in [1.54, 1.807) is 10.9 Å². The second kappa shape index (κ2) is 12.3. The number of H-pyrrole nitrogens is 1. The van der Waals surface area contributed by atoms with E-state index in [1.165, 1.54) is 10.8 Å². The predicted molar refractivity (Wildman–Crippen MR) is 142 cm³/mol. The number of carbonyl (C=O) groups is 2. The third kappa shape index (κ3) is 6.90. The van der Waals surface area contributed by atoms with Crippen molar-refractivity contribution in [2.75, 3.05) is 0 Å². The molecule has 0 aliphatic rings. The largest absolute Gasteiger partial charge is 0.346 e. The van der Waals surface area contributed by atoms with E-state index in [0.717, 1.165) is 48.3 Å². The zero-order valence-electron chi connectivity index (χ0n) is 21.2. The average Bonchev–Trinajstić information content (AvgIpc) is 3.55. The van der Waals surface area contributed by atoms with Crippen LogP contribution in [0.4, 0.5) is 0 Å². The number of ketones is 1. The number of carbonyl (C=O) groups excluding carboxylic acids is 2. The van der Waals surface area contributed by atoms with Gasteiger partial charge in [-0.15, -0.1) is 0 Å². The molecule has 1 amide bonds. The number of aryl methyl sites for hydroxylation is 2. The Bertz CT molecular complexity index is 1310. The Morgan fingerprint density at radius 3 is 2.64 bits per heavy atom. The van der Waals surface area contributed by atoms with Gasteiger partial charge in [0, 0.05) is 38.1 Å². The second-order valence-electron chi connectivity index (χ2n) is 9.38. The van der Waals surface area contributed by atoms with Gasteiger partial charge in [-0.25, -0.2) is 4.98 Å². The maximum absolute atomic E-state index is 12.8. The lowest BCUT2D eigenvalue weighted by molar-refractivity contribution is -0.122. The van der Waals surface area contributed by atoms with E-state index >= 15 is 0 Å². The average molecular weight is 486 g/mol. The van der Waals surface area contributed by atoms with Gasteiger partial charge in [-0.1, -0.05) is 56.2 Å². The van der Waals surface area contributed by atoms with Crippen LogP contribution in [0.25, 0.3) is 22.0 Å². The van der Waals surface area contributed by atoms with E-state index in [1.807, 2.05) is 38.5 Å². The quantitative estimate of drug-likeness (QED) is 0.238. The first-order valence-electron chi connectivity index (χ1n) is 12.8. The monoisotopic (exact) mass is 485 g/mol. The summed E-state index contributed by atoms with van der Waals surface area (Å²) in [5, 5.41) is 9.73. The molecule has 0 bridgehead atoms. The fourth-order valence-corrected chi connectivity index (χ4v) is 4.44. The molecule has 1 atom stereocenters. The number of benzene rings is 2. The molecule has 0 fully saturated rings. The summed E-state index contributed by atoms with van der Waals surface area (Å²) in [6.45, 7) is 1.91. The number of Topliss-reactive ketones (excluding diaryl/α,β-unsaturated/α-hetero) is 1. The lowest BCUT2D eigenvalue weighted by Crippen LogP contribution is -2.29. The molecular formula is C29H35N5O2. The van der Waals surface area contributed by atoms with E-state index in [2.05, 4.69) is 50.7 Å². The Balaban J connectivity index is 1.43. The van der Waals surface area contributed by atoms with Crippen molar-refractivity contribution >= 4 is 22.5 Å². The van der Waals surface area contributed by atoms with Crippen LogP contribution < -0.4 is 5.32 Å². The number of imidazole rings is 1. The highest BCUT2D eigenvalue weighted by Gasteiger charge is 2.18. The number of nitrogens with one attached hydrogen (secondary N) is 2. The van der Waals surface area contributed by atoms with E-state index in [9.17, 15) is 9.59 Å². The minimum atomic E-state index is -0.206. The fourth-order valence-electron chi connectivity index (χ4n) is 4.44. The number of unbranched alkanes of at least 4 members (excludes halogenated alkanes) is 2. The first-order chi connectivity index (χ1) is 17.5. The number of aromatic nitrogens is 4. The van der Waals surface area contributed by atoms with Crippen LogP contribution in [0.1, 0.15) is 69.3 Å². The van der Waals surface area contributed by atoms with Crippen LogP contribution in [-0.4, -0.2) is 31.4 Å².